The number of thioether (sulfide) groups is 1. The van der Waals surface area contributed by atoms with Crippen LogP contribution in [0.3, 0.4) is 0 Å². The summed E-state index contributed by atoms with van der Waals surface area (Å²) < 4.78 is 4.09. The molecular formula is C19H25N5OS. The molecule has 0 aliphatic rings. The third kappa shape index (κ3) is 3.35. The van der Waals surface area contributed by atoms with Crippen molar-refractivity contribution >= 4 is 28.7 Å². The van der Waals surface area contributed by atoms with Crippen molar-refractivity contribution in [3.63, 3.8) is 0 Å². The van der Waals surface area contributed by atoms with Crippen LogP contribution >= 0.6 is 11.8 Å². The van der Waals surface area contributed by atoms with Gasteiger partial charge in [-0.3, -0.25) is 4.79 Å². The maximum atomic E-state index is 13.0. The lowest BCUT2D eigenvalue weighted by Crippen LogP contribution is -2.33. The van der Waals surface area contributed by atoms with E-state index in [0.717, 1.165) is 34.1 Å². The minimum atomic E-state index is -0.273. The Balaban J connectivity index is 1.84. The second kappa shape index (κ2) is 7.95. The Bertz CT molecular complexity index is 914. The minimum Gasteiger partial charge on any atom is -0.349 e. The van der Waals surface area contributed by atoms with Gasteiger partial charge in [-0.25, -0.2) is 9.97 Å². The molecule has 0 aliphatic heterocycles. The molecule has 3 aromatic rings. The number of imidazole rings is 2. The van der Waals surface area contributed by atoms with Gasteiger partial charge in [-0.1, -0.05) is 37.7 Å². The standard InChI is InChI=1S/C19H25N5OS/c1-5-15(18(25)20-11-13-12-21-19(26-4)23(13)3)24-16-10-8-7-9-14(16)22-17(24)6-2/h7-10,12,15H,5-6,11H2,1-4H3,(H,20,25)/t15-/m1/s1. The van der Waals surface area contributed by atoms with Crippen molar-refractivity contribution in [1.82, 2.24) is 24.4 Å². The second-order valence-corrected chi connectivity index (χ2v) is 6.95. The molecular weight excluding hydrogens is 346 g/mol. The van der Waals surface area contributed by atoms with E-state index in [1.54, 1.807) is 11.8 Å². The van der Waals surface area contributed by atoms with Crippen LogP contribution in [0.2, 0.25) is 0 Å². The number of nitrogens with one attached hydrogen (secondary N) is 1. The SMILES string of the molecule is CCc1nc2ccccc2n1[C@H](CC)C(=O)NCc1cnc(SC)n1C. The maximum absolute atomic E-state index is 13.0. The van der Waals surface area contributed by atoms with Crippen molar-refractivity contribution in [2.24, 2.45) is 7.05 Å². The van der Waals surface area contributed by atoms with E-state index in [-0.39, 0.29) is 11.9 Å². The fraction of sp³-hybridized carbons (Fsp3) is 0.421. The molecule has 0 aliphatic carbocycles. The molecule has 2 heterocycles. The number of aryl methyl sites for hydroxylation is 1. The number of para-hydroxylation sites is 2. The predicted octanol–water partition coefficient (Wildman–Crippen LogP) is 3.32. The number of rotatable bonds is 7. The molecule has 0 unspecified atom stereocenters. The van der Waals surface area contributed by atoms with Crippen LogP contribution in [-0.4, -0.2) is 31.3 Å². The molecule has 0 radical (unpaired) electrons. The molecule has 0 saturated carbocycles. The first-order chi connectivity index (χ1) is 12.6. The lowest BCUT2D eigenvalue weighted by atomic mass is 10.2. The van der Waals surface area contributed by atoms with Gasteiger partial charge in [0.25, 0.3) is 0 Å². The summed E-state index contributed by atoms with van der Waals surface area (Å²) >= 11 is 1.59. The predicted molar refractivity (Wildman–Crippen MR) is 105 cm³/mol. The largest absolute Gasteiger partial charge is 0.349 e. The van der Waals surface area contributed by atoms with E-state index < -0.39 is 0 Å². The number of aromatic nitrogens is 4. The van der Waals surface area contributed by atoms with Crippen molar-refractivity contribution in [2.75, 3.05) is 6.26 Å². The summed E-state index contributed by atoms with van der Waals surface area (Å²) in [6.07, 6.45) is 5.31. The highest BCUT2D eigenvalue weighted by atomic mass is 32.2. The van der Waals surface area contributed by atoms with Gasteiger partial charge >= 0.3 is 0 Å². The number of nitrogens with zero attached hydrogens (tertiary/aromatic N) is 4. The van der Waals surface area contributed by atoms with Crippen LogP contribution in [-0.2, 0) is 24.8 Å². The molecule has 0 saturated heterocycles. The highest BCUT2D eigenvalue weighted by molar-refractivity contribution is 7.98. The third-order valence-electron chi connectivity index (χ3n) is 4.65. The Hall–Kier alpha value is -2.28. The molecule has 0 bridgehead atoms. The lowest BCUT2D eigenvalue weighted by Gasteiger charge is -2.20. The molecule has 138 valence electrons. The van der Waals surface area contributed by atoms with Crippen molar-refractivity contribution in [3.8, 4) is 0 Å². The Labute approximate surface area is 158 Å². The van der Waals surface area contributed by atoms with Gasteiger partial charge in [0, 0.05) is 13.5 Å². The van der Waals surface area contributed by atoms with Crippen LogP contribution in [0.5, 0.6) is 0 Å². The van der Waals surface area contributed by atoms with Crippen molar-refractivity contribution < 1.29 is 4.79 Å². The fourth-order valence-corrected chi connectivity index (χ4v) is 3.80. The van der Waals surface area contributed by atoms with Crippen molar-refractivity contribution in [3.05, 3.63) is 42.0 Å². The Kier molecular flexibility index (Phi) is 5.66. The topological polar surface area (TPSA) is 64.7 Å². The number of carbonyl (C=O) groups is 1. The molecule has 3 rings (SSSR count). The summed E-state index contributed by atoms with van der Waals surface area (Å²) in [6.45, 7) is 4.57. The van der Waals surface area contributed by atoms with Crippen LogP contribution in [0, 0.1) is 0 Å². The zero-order valence-electron chi connectivity index (χ0n) is 15.7. The molecule has 26 heavy (non-hydrogen) atoms. The summed E-state index contributed by atoms with van der Waals surface area (Å²) in [6, 6.07) is 7.72. The van der Waals surface area contributed by atoms with Gasteiger partial charge in [0.15, 0.2) is 5.16 Å². The Morgan fingerprint density at radius 3 is 2.73 bits per heavy atom. The average molecular weight is 372 g/mol. The normalized spacial score (nSPS) is 12.5. The Morgan fingerprint density at radius 2 is 2.08 bits per heavy atom. The van der Waals surface area contributed by atoms with E-state index in [1.807, 2.05) is 55.3 Å². The lowest BCUT2D eigenvalue weighted by molar-refractivity contribution is -0.124. The molecule has 7 heteroatoms. The van der Waals surface area contributed by atoms with Crippen molar-refractivity contribution in [1.29, 1.82) is 0 Å². The van der Waals surface area contributed by atoms with Gasteiger partial charge in [0.05, 0.1) is 29.5 Å². The van der Waals surface area contributed by atoms with Gasteiger partial charge < -0.3 is 14.5 Å². The number of fused-ring (bicyclic) bond motifs is 1. The molecule has 2 aromatic heterocycles. The summed E-state index contributed by atoms with van der Waals surface area (Å²) in [7, 11) is 1.97. The highest BCUT2D eigenvalue weighted by Gasteiger charge is 2.23. The number of hydrogen-bond donors (Lipinski definition) is 1. The van der Waals surface area contributed by atoms with E-state index in [1.165, 1.54) is 0 Å². The van der Waals surface area contributed by atoms with Crippen LogP contribution in [0.15, 0.2) is 35.6 Å². The summed E-state index contributed by atoms with van der Waals surface area (Å²) in [5.74, 6) is 0.954. The molecule has 6 nitrogen and oxygen atoms in total. The first kappa shape index (κ1) is 18.5. The zero-order valence-corrected chi connectivity index (χ0v) is 16.5. The number of benzene rings is 1. The minimum absolute atomic E-state index is 0.0113. The van der Waals surface area contributed by atoms with E-state index in [9.17, 15) is 4.79 Å². The van der Waals surface area contributed by atoms with E-state index in [4.69, 9.17) is 4.98 Å². The third-order valence-corrected chi connectivity index (χ3v) is 5.40. The van der Waals surface area contributed by atoms with Crippen molar-refractivity contribution in [2.45, 2.75) is 44.4 Å². The van der Waals surface area contributed by atoms with E-state index in [2.05, 4.69) is 21.8 Å². The quantitative estimate of drug-likeness (QED) is 0.647. The fourth-order valence-electron chi connectivity index (χ4n) is 3.25. The molecule has 0 spiro atoms. The van der Waals surface area contributed by atoms with Gasteiger partial charge in [0.1, 0.15) is 11.9 Å². The first-order valence-corrected chi connectivity index (χ1v) is 10.1. The first-order valence-electron chi connectivity index (χ1n) is 8.88. The second-order valence-electron chi connectivity index (χ2n) is 6.18. The highest BCUT2D eigenvalue weighted by Crippen LogP contribution is 2.24. The van der Waals surface area contributed by atoms with E-state index in [0.29, 0.717) is 13.0 Å². The monoisotopic (exact) mass is 371 g/mol. The molecule has 0 fully saturated rings. The van der Waals surface area contributed by atoms with Crippen LogP contribution in [0.1, 0.15) is 37.8 Å². The molecule has 1 aromatic carbocycles. The smallest absolute Gasteiger partial charge is 0.243 e. The van der Waals surface area contributed by atoms with Gasteiger partial charge in [0.2, 0.25) is 5.91 Å². The summed E-state index contributed by atoms with van der Waals surface area (Å²) in [5.41, 5.74) is 2.94. The molecule has 1 atom stereocenters. The molecule has 1 amide bonds. The summed E-state index contributed by atoms with van der Waals surface area (Å²) in [5, 5.41) is 4.01. The van der Waals surface area contributed by atoms with Gasteiger partial charge in [-0.2, -0.15) is 0 Å². The average Bonchev–Trinajstić information content (AvgIpc) is 3.21. The van der Waals surface area contributed by atoms with Gasteiger partial charge in [-0.05, 0) is 24.8 Å². The van der Waals surface area contributed by atoms with E-state index >= 15 is 0 Å². The zero-order chi connectivity index (χ0) is 18.7. The van der Waals surface area contributed by atoms with Crippen LogP contribution < -0.4 is 5.32 Å². The van der Waals surface area contributed by atoms with Gasteiger partial charge in [-0.15, -0.1) is 0 Å². The van der Waals surface area contributed by atoms with Crippen LogP contribution in [0.25, 0.3) is 11.0 Å². The number of hydrogen-bond acceptors (Lipinski definition) is 4. The Morgan fingerprint density at radius 1 is 1.31 bits per heavy atom. The summed E-state index contributed by atoms with van der Waals surface area (Å²) in [4.78, 5) is 22.0. The molecule has 1 N–H and O–H groups in total. The van der Waals surface area contributed by atoms with Crippen LogP contribution in [0.4, 0.5) is 0 Å². The maximum Gasteiger partial charge on any atom is 0.243 e. The number of amides is 1. The number of carbonyl (C=O) groups excluding carboxylic acids is 1.